The van der Waals surface area contributed by atoms with Gasteiger partial charge in [0.25, 0.3) is 0 Å². The Morgan fingerprint density at radius 1 is 1.58 bits per heavy atom. The number of nitrogens with two attached hydrogens (primary N) is 1. The number of hydrogen-bond acceptors (Lipinski definition) is 5. The molecule has 1 aromatic rings. The lowest BCUT2D eigenvalue weighted by Crippen LogP contribution is -2.33. The minimum absolute atomic E-state index is 0. The van der Waals surface area contributed by atoms with Gasteiger partial charge in [0.05, 0.1) is 11.4 Å². The maximum atomic E-state index is 11.9. The van der Waals surface area contributed by atoms with Gasteiger partial charge in [-0.15, -0.1) is 24.2 Å². The lowest BCUT2D eigenvalue weighted by Gasteiger charge is -2.15. The Labute approximate surface area is 123 Å². The third-order valence-electron chi connectivity index (χ3n) is 3.23. The molecule has 2 N–H and O–H groups in total. The normalized spacial score (nSPS) is 18.5. The first-order valence-electron chi connectivity index (χ1n) is 6.10. The van der Waals surface area contributed by atoms with Gasteiger partial charge in [0, 0.05) is 30.4 Å². The lowest BCUT2D eigenvalue weighted by molar-refractivity contribution is -0.127. The summed E-state index contributed by atoms with van der Waals surface area (Å²) >= 11 is 1.60. The van der Waals surface area contributed by atoms with Crippen LogP contribution in [0.25, 0.3) is 0 Å². The van der Waals surface area contributed by atoms with Crippen LogP contribution in [0.3, 0.4) is 0 Å². The van der Waals surface area contributed by atoms with Crippen LogP contribution in [0, 0.1) is 13.8 Å². The van der Waals surface area contributed by atoms with Gasteiger partial charge in [0.15, 0.2) is 0 Å². The van der Waals surface area contributed by atoms with Crippen LogP contribution in [0.1, 0.15) is 23.4 Å². The van der Waals surface area contributed by atoms with E-state index in [1.54, 1.807) is 11.8 Å². The summed E-state index contributed by atoms with van der Waals surface area (Å²) in [7, 11) is 0. The number of amides is 1. The number of hydrogen-bond donors (Lipinski definition) is 1. The van der Waals surface area contributed by atoms with Crippen LogP contribution in [0.15, 0.2) is 4.52 Å². The average Bonchev–Trinajstić information content (AvgIpc) is 2.89. The standard InChI is InChI=1S/C12H19N3O2S.ClH/c1-8-11(9(2)17-14-8)6-18-7-12(16)15-4-3-10(13)5-15;/h10H,3-7,13H2,1-2H3;1H/t10-;/m1./s1. The molecule has 1 atom stereocenters. The van der Waals surface area contributed by atoms with Gasteiger partial charge in [-0.3, -0.25) is 4.79 Å². The molecule has 0 unspecified atom stereocenters. The van der Waals surface area contributed by atoms with E-state index in [9.17, 15) is 4.79 Å². The number of halogens is 1. The Balaban J connectivity index is 0.00000180. The number of likely N-dealkylation sites (tertiary alicyclic amines) is 1. The fraction of sp³-hybridized carbons (Fsp3) is 0.667. The highest BCUT2D eigenvalue weighted by molar-refractivity contribution is 7.99. The Kier molecular flexibility index (Phi) is 6.16. The van der Waals surface area contributed by atoms with E-state index < -0.39 is 0 Å². The van der Waals surface area contributed by atoms with Gasteiger partial charge in [-0.2, -0.15) is 0 Å². The largest absolute Gasteiger partial charge is 0.361 e. The van der Waals surface area contributed by atoms with Crippen molar-refractivity contribution in [3.63, 3.8) is 0 Å². The molecule has 2 rings (SSSR count). The van der Waals surface area contributed by atoms with Gasteiger partial charge in [0.2, 0.25) is 5.91 Å². The van der Waals surface area contributed by atoms with Crippen molar-refractivity contribution in [1.29, 1.82) is 0 Å². The first kappa shape index (κ1) is 16.3. The van der Waals surface area contributed by atoms with Crippen molar-refractivity contribution in [2.75, 3.05) is 18.8 Å². The molecule has 0 aromatic carbocycles. The van der Waals surface area contributed by atoms with Crippen molar-refractivity contribution < 1.29 is 9.32 Å². The Bertz CT molecular complexity index is 419. The molecular formula is C12H20ClN3O2S. The zero-order chi connectivity index (χ0) is 13.1. The Morgan fingerprint density at radius 3 is 2.84 bits per heavy atom. The van der Waals surface area contributed by atoms with Gasteiger partial charge < -0.3 is 15.2 Å². The van der Waals surface area contributed by atoms with Crippen LogP contribution in [0.4, 0.5) is 0 Å². The highest BCUT2D eigenvalue weighted by Gasteiger charge is 2.23. The van der Waals surface area contributed by atoms with E-state index in [2.05, 4.69) is 5.16 Å². The molecule has 0 spiro atoms. The van der Waals surface area contributed by atoms with Crippen LogP contribution in [0.5, 0.6) is 0 Å². The molecule has 1 aliphatic heterocycles. The molecule has 1 aromatic heterocycles. The number of carbonyl (C=O) groups is 1. The van der Waals surface area contributed by atoms with E-state index in [1.807, 2.05) is 18.7 Å². The van der Waals surface area contributed by atoms with Gasteiger partial charge >= 0.3 is 0 Å². The van der Waals surface area contributed by atoms with Crippen LogP contribution in [-0.4, -0.2) is 40.8 Å². The Morgan fingerprint density at radius 2 is 2.32 bits per heavy atom. The number of carbonyl (C=O) groups excluding carboxylic acids is 1. The second kappa shape index (κ2) is 7.17. The molecule has 1 amide bonds. The lowest BCUT2D eigenvalue weighted by atomic mass is 10.2. The Hall–Kier alpha value is -0.720. The molecule has 0 radical (unpaired) electrons. The average molecular weight is 306 g/mol. The fourth-order valence-corrected chi connectivity index (χ4v) is 3.13. The van der Waals surface area contributed by atoms with Gasteiger partial charge in [-0.05, 0) is 20.3 Å². The third-order valence-corrected chi connectivity index (χ3v) is 4.17. The topological polar surface area (TPSA) is 72.4 Å². The monoisotopic (exact) mass is 305 g/mol. The van der Waals surface area contributed by atoms with Gasteiger partial charge in [0.1, 0.15) is 5.76 Å². The minimum Gasteiger partial charge on any atom is -0.361 e. The van der Waals surface area contributed by atoms with Crippen molar-refractivity contribution in [2.45, 2.75) is 32.1 Å². The molecule has 5 nitrogen and oxygen atoms in total. The number of aromatic nitrogens is 1. The maximum Gasteiger partial charge on any atom is 0.232 e. The second-order valence-corrected chi connectivity index (χ2v) is 5.67. The van der Waals surface area contributed by atoms with E-state index in [1.165, 1.54) is 0 Å². The van der Waals surface area contributed by atoms with E-state index in [0.29, 0.717) is 12.3 Å². The molecule has 7 heteroatoms. The quantitative estimate of drug-likeness (QED) is 0.913. The zero-order valence-electron chi connectivity index (χ0n) is 11.2. The van der Waals surface area contributed by atoms with Crippen molar-refractivity contribution in [3.05, 3.63) is 17.0 Å². The first-order valence-corrected chi connectivity index (χ1v) is 7.26. The molecule has 2 heterocycles. The zero-order valence-corrected chi connectivity index (χ0v) is 12.9. The van der Waals surface area contributed by atoms with Crippen molar-refractivity contribution in [3.8, 4) is 0 Å². The van der Waals surface area contributed by atoms with Gasteiger partial charge in [-0.25, -0.2) is 0 Å². The molecule has 0 aliphatic carbocycles. The van der Waals surface area contributed by atoms with Gasteiger partial charge in [-0.1, -0.05) is 5.16 Å². The molecule has 19 heavy (non-hydrogen) atoms. The highest BCUT2D eigenvalue weighted by Crippen LogP contribution is 2.20. The van der Waals surface area contributed by atoms with Crippen molar-refractivity contribution in [2.24, 2.45) is 5.73 Å². The third kappa shape index (κ3) is 4.12. The summed E-state index contributed by atoms with van der Waals surface area (Å²) in [5, 5.41) is 3.90. The predicted octanol–water partition coefficient (Wildman–Crippen LogP) is 1.51. The second-order valence-electron chi connectivity index (χ2n) is 4.68. The minimum atomic E-state index is 0. The molecule has 1 aliphatic rings. The van der Waals surface area contributed by atoms with Crippen molar-refractivity contribution in [1.82, 2.24) is 10.1 Å². The number of thioether (sulfide) groups is 1. The summed E-state index contributed by atoms with van der Waals surface area (Å²) in [4.78, 5) is 13.8. The number of rotatable bonds is 4. The first-order chi connectivity index (χ1) is 8.58. The number of nitrogens with zero attached hydrogens (tertiary/aromatic N) is 2. The van der Waals surface area contributed by atoms with Crippen LogP contribution >= 0.6 is 24.2 Å². The molecule has 0 bridgehead atoms. The van der Waals surface area contributed by atoms with E-state index in [4.69, 9.17) is 10.3 Å². The molecule has 1 saturated heterocycles. The fourth-order valence-electron chi connectivity index (χ4n) is 2.05. The predicted molar refractivity (Wildman–Crippen MR) is 78.6 cm³/mol. The number of aryl methyl sites for hydroxylation is 2. The van der Waals surface area contributed by atoms with E-state index in [-0.39, 0.29) is 24.4 Å². The van der Waals surface area contributed by atoms with Crippen LogP contribution < -0.4 is 5.73 Å². The molecule has 108 valence electrons. The maximum absolute atomic E-state index is 11.9. The molecule has 1 fully saturated rings. The van der Waals surface area contributed by atoms with Crippen molar-refractivity contribution >= 4 is 30.1 Å². The highest BCUT2D eigenvalue weighted by atomic mass is 35.5. The molecular weight excluding hydrogens is 286 g/mol. The van der Waals surface area contributed by atoms with E-state index >= 15 is 0 Å². The van der Waals surface area contributed by atoms with Crippen LogP contribution in [0.2, 0.25) is 0 Å². The van der Waals surface area contributed by atoms with Crippen LogP contribution in [-0.2, 0) is 10.5 Å². The summed E-state index contributed by atoms with van der Waals surface area (Å²) in [5.74, 6) is 2.29. The summed E-state index contributed by atoms with van der Waals surface area (Å²) < 4.78 is 5.09. The van der Waals surface area contributed by atoms with E-state index in [0.717, 1.165) is 35.7 Å². The summed E-state index contributed by atoms with van der Waals surface area (Å²) in [6.45, 7) is 5.32. The smallest absolute Gasteiger partial charge is 0.232 e. The summed E-state index contributed by atoms with van der Waals surface area (Å²) in [5.41, 5.74) is 7.80. The SMILES string of the molecule is Cc1noc(C)c1CSCC(=O)N1CC[C@@H](N)C1.Cl. The summed E-state index contributed by atoms with van der Waals surface area (Å²) in [6.07, 6.45) is 0.917. The summed E-state index contributed by atoms with van der Waals surface area (Å²) in [6, 6.07) is 0.154. The molecule has 0 saturated carbocycles.